The minimum Gasteiger partial charge on any atom is -0.466 e. The standard InChI is InChI=1S/C8H10.C7H14O3.C7H14O.2C4H10O/c1-7-5-3-4-6-8(7)2;1-3-9-6-5-7(8)10-4-2;1-3-4-5-6-7(2)8;1-4(2)3-5;1-2-3-4-5/h3-6H,1-2H3;3-6H2,1-2H3;3-6H2,1-2H3;4-5H,3H2,1-2H3;5H,2-4H2,1H3. The van der Waals surface area contributed by atoms with Crippen LogP contribution >= 0.6 is 0 Å². The Labute approximate surface area is 222 Å². The van der Waals surface area contributed by atoms with E-state index < -0.39 is 0 Å². The van der Waals surface area contributed by atoms with E-state index in [1.807, 2.05) is 20.8 Å². The Morgan fingerprint density at radius 3 is 1.61 bits per heavy atom. The Hall–Kier alpha value is -1.76. The first-order valence-electron chi connectivity index (χ1n) is 13.5. The highest BCUT2D eigenvalue weighted by Crippen LogP contribution is 2.02. The van der Waals surface area contributed by atoms with Gasteiger partial charge in [0.15, 0.2) is 0 Å². The van der Waals surface area contributed by atoms with Gasteiger partial charge in [-0.3, -0.25) is 4.79 Å². The maximum absolute atomic E-state index is 10.6. The Kier molecular flexibility index (Phi) is 40.7. The normalized spacial score (nSPS) is 9.22. The minimum absolute atomic E-state index is 0.184. The summed E-state index contributed by atoms with van der Waals surface area (Å²) in [6.45, 7) is 19.9. The molecule has 0 unspecified atom stereocenters. The highest BCUT2D eigenvalue weighted by Gasteiger charge is 1.98. The van der Waals surface area contributed by atoms with E-state index in [2.05, 4.69) is 56.7 Å². The summed E-state index contributed by atoms with van der Waals surface area (Å²) in [7, 11) is 0. The SMILES string of the molecule is CC(C)CO.CCCCCC(C)=O.CCCCO.CCOCCC(=O)OCC.Cc1ccccc1C. The Morgan fingerprint density at radius 1 is 0.833 bits per heavy atom. The van der Waals surface area contributed by atoms with Crippen molar-refractivity contribution >= 4 is 11.8 Å². The lowest BCUT2D eigenvalue weighted by Gasteiger charge is -2.00. The number of ketones is 1. The Balaban J connectivity index is -0.000000182. The zero-order valence-electron chi connectivity index (χ0n) is 24.9. The maximum atomic E-state index is 10.6. The second-order valence-electron chi connectivity index (χ2n) is 8.65. The van der Waals surface area contributed by atoms with E-state index in [1.165, 1.54) is 24.0 Å². The summed E-state index contributed by atoms with van der Waals surface area (Å²) in [5.74, 6) is 0.574. The van der Waals surface area contributed by atoms with Gasteiger partial charge >= 0.3 is 5.97 Å². The molecule has 0 spiro atoms. The highest BCUT2D eigenvalue weighted by atomic mass is 16.5. The van der Waals surface area contributed by atoms with Crippen molar-refractivity contribution in [2.45, 2.75) is 107 Å². The van der Waals surface area contributed by atoms with Crippen LogP contribution in [0.1, 0.15) is 105 Å². The van der Waals surface area contributed by atoms with Gasteiger partial charge in [-0.2, -0.15) is 0 Å². The van der Waals surface area contributed by atoms with Gasteiger partial charge in [-0.1, -0.05) is 71.2 Å². The number of ether oxygens (including phenoxy) is 2. The molecule has 6 nitrogen and oxygen atoms in total. The maximum Gasteiger partial charge on any atom is 0.308 e. The first-order chi connectivity index (χ1) is 17.1. The number of hydrogen-bond donors (Lipinski definition) is 2. The van der Waals surface area contributed by atoms with E-state index >= 15 is 0 Å². The van der Waals surface area contributed by atoms with Crippen LogP contribution < -0.4 is 0 Å². The second-order valence-corrected chi connectivity index (χ2v) is 8.65. The topological polar surface area (TPSA) is 93.1 Å². The molecule has 0 saturated carbocycles. The van der Waals surface area contributed by atoms with Crippen LogP contribution in [0.2, 0.25) is 0 Å². The number of Topliss-reactive ketones (excluding diaryl/α,β-unsaturated/α-hetero) is 1. The summed E-state index contributed by atoms with van der Waals surface area (Å²) in [6.07, 6.45) is 6.64. The molecule has 214 valence electrons. The third-order valence-electron chi connectivity index (χ3n) is 4.39. The van der Waals surface area contributed by atoms with Gasteiger partial charge in [0.05, 0.1) is 19.6 Å². The van der Waals surface area contributed by atoms with Crippen molar-refractivity contribution in [3.05, 3.63) is 35.4 Å². The summed E-state index contributed by atoms with van der Waals surface area (Å²) < 4.78 is 9.62. The third-order valence-corrected chi connectivity index (χ3v) is 4.39. The number of aliphatic hydroxyl groups is 2. The largest absolute Gasteiger partial charge is 0.466 e. The quantitative estimate of drug-likeness (QED) is 0.234. The van der Waals surface area contributed by atoms with Crippen LogP contribution in [-0.4, -0.2) is 55.0 Å². The number of hydrogen-bond acceptors (Lipinski definition) is 6. The molecule has 0 heterocycles. The van der Waals surface area contributed by atoms with Crippen molar-refractivity contribution in [2.24, 2.45) is 5.92 Å². The monoisotopic (exact) mass is 514 g/mol. The summed E-state index contributed by atoms with van der Waals surface area (Å²) in [5.41, 5.74) is 2.74. The fraction of sp³-hybridized carbons (Fsp3) is 0.733. The van der Waals surface area contributed by atoms with Gasteiger partial charge in [0.25, 0.3) is 0 Å². The smallest absolute Gasteiger partial charge is 0.308 e. The molecule has 0 aliphatic carbocycles. The number of aliphatic hydroxyl groups excluding tert-OH is 2. The second kappa shape index (κ2) is 35.4. The lowest BCUT2D eigenvalue weighted by molar-refractivity contribution is -0.144. The van der Waals surface area contributed by atoms with Crippen molar-refractivity contribution in [3.63, 3.8) is 0 Å². The summed E-state index contributed by atoms with van der Waals surface area (Å²) in [6, 6.07) is 8.36. The molecule has 0 aromatic heterocycles. The van der Waals surface area contributed by atoms with Crippen LogP contribution in [0.15, 0.2) is 24.3 Å². The number of aryl methyl sites for hydroxylation is 2. The van der Waals surface area contributed by atoms with Crippen molar-refractivity contribution < 1.29 is 29.3 Å². The van der Waals surface area contributed by atoms with Gasteiger partial charge in [-0.15, -0.1) is 0 Å². The number of carbonyl (C=O) groups excluding carboxylic acids is 2. The number of carbonyl (C=O) groups is 2. The number of benzene rings is 1. The van der Waals surface area contributed by atoms with Gasteiger partial charge in [0.2, 0.25) is 0 Å². The van der Waals surface area contributed by atoms with Crippen LogP contribution in [0.3, 0.4) is 0 Å². The van der Waals surface area contributed by atoms with Crippen LogP contribution in [0.5, 0.6) is 0 Å². The minimum atomic E-state index is -0.184. The fourth-order valence-electron chi connectivity index (χ4n) is 1.98. The van der Waals surface area contributed by atoms with Crippen molar-refractivity contribution in [3.8, 4) is 0 Å². The van der Waals surface area contributed by atoms with Crippen LogP contribution in [0.4, 0.5) is 0 Å². The molecule has 1 rings (SSSR count). The van der Waals surface area contributed by atoms with Crippen molar-refractivity contribution in [2.75, 3.05) is 33.0 Å². The first kappa shape index (κ1) is 41.4. The van der Waals surface area contributed by atoms with Crippen LogP contribution in [0, 0.1) is 19.8 Å². The average molecular weight is 515 g/mol. The van der Waals surface area contributed by atoms with Gasteiger partial charge in [-0.25, -0.2) is 0 Å². The van der Waals surface area contributed by atoms with Crippen LogP contribution in [-0.2, 0) is 19.1 Å². The van der Waals surface area contributed by atoms with Crippen molar-refractivity contribution in [1.29, 1.82) is 0 Å². The Bertz CT molecular complexity index is 549. The molecule has 36 heavy (non-hydrogen) atoms. The highest BCUT2D eigenvalue weighted by molar-refractivity contribution is 5.75. The average Bonchev–Trinajstić information content (AvgIpc) is 2.83. The first-order valence-corrected chi connectivity index (χ1v) is 13.5. The molecular weight excluding hydrogens is 456 g/mol. The van der Waals surface area contributed by atoms with Crippen molar-refractivity contribution in [1.82, 2.24) is 0 Å². The molecule has 0 saturated heterocycles. The number of esters is 1. The van der Waals surface area contributed by atoms with Gasteiger partial charge < -0.3 is 24.5 Å². The Morgan fingerprint density at radius 2 is 1.33 bits per heavy atom. The fourth-order valence-corrected chi connectivity index (χ4v) is 1.98. The number of rotatable bonds is 12. The molecule has 0 aliphatic rings. The van der Waals surface area contributed by atoms with E-state index in [1.54, 1.807) is 13.8 Å². The zero-order chi connectivity index (χ0) is 28.6. The summed E-state index contributed by atoms with van der Waals surface area (Å²) in [4.78, 5) is 20.9. The van der Waals surface area contributed by atoms with E-state index in [0.29, 0.717) is 51.2 Å². The molecule has 1 aromatic rings. The molecule has 0 aliphatic heterocycles. The number of unbranched alkanes of at least 4 members (excludes halogenated alkanes) is 3. The molecule has 1 aromatic carbocycles. The van der Waals surface area contributed by atoms with Gasteiger partial charge in [0, 0.05) is 26.2 Å². The predicted molar refractivity (Wildman–Crippen MR) is 152 cm³/mol. The molecule has 0 fully saturated rings. The molecular formula is C30H58O6. The van der Waals surface area contributed by atoms with E-state index in [-0.39, 0.29) is 5.97 Å². The molecule has 0 radical (unpaired) electrons. The van der Waals surface area contributed by atoms with Crippen LogP contribution in [0.25, 0.3) is 0 Å². The zero-order valence-corrected chi connectivity index (χ0v) is 24.9. The van der Waals surface area contributed by atoms with E-state index in [9.17, 15) is 9.59 Å². The van der Waals surface area contributed by atoms with Gasteiger partial charge in [0.1, 0.15) is 5.78 Å². The lowest BCUT2D eigenvalue weighted by atomic mass is 10.1. The molecule has 2 N–H and O–H groups in total. The summed E-state index contributed by atoms with van der Waals surface area (Å²) in [5, 5.41) is 16.2. The third kappa shape index (κ3) is 45.7. The van der Waals surface area contributed by atoms with Gasteiger partial charge in [-0.05, 0) is 64.5 Å². The molecule has 0 atom stereocenters. The van der Waals surface area contributed by atoms with E-state index in [0.717, 1.165) is 25.7 Å². The predicted octanol–water partition coefficient (Wildman–Crippen LogP) is 6.85. The summed E-state index contributed by atoms with van der Waals surface area (Å²) >= 11 is 0. The molecule has 6 heteroatoms. The lowest BCUT2D eigenvalue weighted by Crippen LogP contribution is -2.07. The molecule has 0 amide bonds. The molecule has 0 bridgehead atoms. The van der Waals surface area contributed by atoms with E-state index in [4.69, 9.17) is 14.9 Å².